The highest BCUT2D eigenvalue weighted by atomic mass is 32.2. The van der Waals surface area contributed by atoms with Gasteiger partial charge in [-0.25, -0.2) is 0 Å². The molecular weight excluding hydrogens is 250 g/mol. The highest BCUT2D eigenvalue weighted by molar-refractivity contribution is 8.00. The van der Waals surface area contributed by atoms with Crippen LogP contribution in [-0.2, 0) is 11.3 Å². The van der Waals surface area contributed by atoms with E-state index in [9.17, 15) is 9.90 Å². The van der Waals surface area contributed by atoms with Crippen LogP contribution in [0.25, 0.3) is 0 Å². The number of β-amino-alcohol motifs (C(OH)–C–C–N with tert-alkyl or cyclic N) is 1. The van der Waals surface area contributed by atoms with Gasteiger partial charge in [0.1, 0.15) is 0 Å². The summed E-state index contributed by atoms with van der Waals surface area (Å²) in [6.45, 7) is 0.805. The van der Waals surface area contributed by atoms with Crippen molar-refractivity contribution in [2.24, 2.45) is 11.5 Å². The van der Waals surface area contributed by atoms with Crippen molar-refractivity contribution in [1.29, 1.82) is 0 Å². The average molecular weight is 267 g/mol. The SMILES string of the molecule is NCc1ccc2c(c1)N(CC(O)CN)C(=O)CS2. The van der Waals surface area contributed by atoms with Crippen molar-refractivity contribution < 1.29 is 9.90 Å². The summed E-state index contributed by atoms with van der Waals surface area (Å²) < 4.78 is 0. The van der Waals surface area contributed by atoms with Crippen LogP contribution in [0.5, 0.6) is 0 Å². The highest BCUT2D eigenvalue weighted by Gasteiger charge is 2.26. The largest absolute Gasteiger partial charge is 0.390 e. The van der Waals surface area contributed by atoms with Crippen molar-refractivity contribution in [3.8, 4) is 0 Å². The topological polar surface area (TPSA) is 92.6 Å². The number of amides is 1. The Kier molecular flexibility index (Phi) is 4.23. The second-order valence-electron chi connectivity index (χ2n) is 4.19. The van der Waals surface area contributed by atoms with Gasteiger partial charge in [0.2, 0.25) is 5.91 Å². The van der Waals surface area contributed by atoms with E-state index in [-0.39, 0.29) is 19.0 Å². The van der Waals surface area contributed by atoms with Crippen LogP contribution in [0.1, 0.15) is 5.56 Å². The van der Waals surface area contributed by atoms with Crippen LogP contribution in [-0.4, -0.2) is 36.0 Å². The normalized spacial score (nSPS) is 16.6. The summed E-state index contributed by atoms with van der Waals surface area (Å²) in [5, 5.41) is 9.63. The molecule has 0 saturated heterocycles. The molecule has 0 saturated carbocycles. The Morgan fingerprint density at radius 2 is 2.22 bits per heavy atom. The summed E-state index contributed by atoms with van der Waals surface area (Å²) in [5.41, 5.74) is 12.8. The molecule has 5 nitrogen and oxygen atoms in total. The molecule has 5 N–H and O–H groups in total. The zero-order valence-corrected chi connectivity index (χ0v) is 10.8. The van der Waals surface area contributed by atoms with Crippen molar-refractivity contribution in [3.63, 3.8) is 0 Å². The van der Waals surface area contributed by atoms with Gasteiger partial charge in [0.25, 0.3) is 0 Å². The minimum Gasteiger partial charge on any atom is -0.390 e. The molecule has 0 aromatic heterocycles. The predicted molar refractivity (Wildman–Crippen MR) is 72.5 cm³/mol. The molecule has 1 aromatic carbocycles. The predicted octanol–water partition coefficient (Wildman–Crippen LogP) is -0.0964. The number of hydrogen-bond acceptors (Lipinski definition) is 5. The Labute approximate surface area is 110 Å². The van der Waals surface area contributed by atoms with E-state index in [0.717, 1.165) is 16.1 Å². The quantitative estimate of drug-likeness (QED) is 0.708. The Bertz CT molecular complexity index is 453. The van der Waals surface area contributed by atoms with Gasteiger partial charge in [-0.15, -0.1) is 11.8 Å². The lowest BCUT2D eigenvalue weighted by Crippen LogP contribution is -2.43. The van der Waals surface area contributed by atoms with Gasteiger partial charge < -0.3 is 21.5 Å². The van der Waals surface area contributed by atoms with Gasteiger partial charge >= 0.3 is 0 Å². The summed E-state index contributed by atoms with van der Waals surface area (Å²) in [6, 6.07) is 5.83. The second kappa shape index (κ2) is 5.71. The van der Waals surface area contributed by atoms with E-state index in [0.29, 0.717) is 12.3 Å². The maximum Gasteiger partial charge on any atom is 0.237 e. The lowest BCUT2D eigenvalue weighted by atomic mass is 10.1. The maximum absolute atomic E-state index is 11.9. The third-order valence-corrected chi connectivity index (χ3v) is 3.91. The van der Waals surface area contributed by atoms with Crippen LogP contribution in [0, 0.1) is 0 Å². The standard InChI is InChI=1S/C12H17N3O2S/c13-4-8-1-2-11-10(3-8)15(6-9(16)5-14)12(17)7-18-11/h1-3,9,16H,4-7,13-14H2. The zero-order chi connectivity index (χ0) is 13.1. The van der Waals surface area contributed by atoms with Gasteiger partial charge in [-0.3, -0.25) is 4.79 Å². The number of benzene rings is 1. The van der Waals surface area contributed by atoms with Gasteiger partial charge in [0.15, 0.2) is 0 Å². The molecule has 0 bridgehead atoms. The first-order valence-corrected chi connectivity index (χ1v) is 6.78. The average Bonchev–Trinajstić information content (AvgIpc) is 2.41. The lowest BCUT2D eigenvalue weighted by Gasteiger charge is -2.30. The number of carbonyl (C=O) groups excluding carboxylic acids is 1. The molecule has 0 spiro atoms. The molecule has 1 aliphatic heterocycles. The highest BCUT2D eigenvalue weighted by Crippen LogP contribution is 2.35. The van der Waals surface area contributed by atoms with E-state index >= 15 is 0 Å². The van der Waals surface area contributed by atoms with Crippen molar-refractivity contribution in [3.05, 3.63) is 23.8 Å². The van der Waals surface area contributed by atoms with E-state index in [1.165, 1.54) is 11.8 Å². The summed E-state index contributed by atoms with van der Waals surface area (Å²) in [7, 11) is 0. The number of thioether (sulfide) groups is 1. The molecule has 6 heteroatoms. The van der Waals surface area contributed by atoms with Crippen molar-refractivity contribution in [2.45, 2.75) is 17.5 Å². The summed E-state index contributed by atoms with van der Waals surface area (Å²) in [6.07, 6.45) is -0.702. The summed E-state index contributed by atoms with van der Waals surface area (Å²) in [4.78, 5) is 14.6. The fraction of sp³-hybridized carbons (Fsp3) is 0.417. The minimum absolute atomic E-state index is 0.00540. The first-order chi connectivity index (χ1) is 8.65. The maximum atomic E-state index is 11.9. The molecule has 0 radical (unpaired) electrons. The van der Waals surface area contributed by atoms with Crippen LogP contribution in [0.15, 0.2) is 23.1 Å². The zero-order valence-electron chi connectivity index (χ0n) is 10.0. The first kappa shape index (κ1) is 13.4. The van der Waals surface area contributed by atoms with Crippen molar-refractivity contribution in [2.75, 3.05) is 23.7 Å². The number of aliphatic hydroxyl groups is 1. The van der Waals surface area contributed by atoms with Gasteiger partial charge in [0.05, 0.1) is 24.1 Å². The van der Waals surface area contributed by atoms with Gasteiger partial charge in [-0.05, 0) is 17.7 Å². The number of hydrogen-bond donors (Lipinski definition) is 3. The fourth-order valence-corrected chi connectivity index (χ4v) is 2.78. The molecular formula is C12H17N3O2S. The third-order valence-electron chi connectivity index (χ3n) is 2.87. The van der Waals surface area contributed by atoms with Gasteiger partial charge in [-0.2, -0.15) is 0 Å². The smallest absolute Gasteiger partial charge is 0.237 e. The minimum atomic E-state index is -0.702. The van der Waals surface area contributed by atoms with E-state index < -0.39 is 6.10 Å². The number of nitrogens with zero attached hydrogens (tertiary/aromatic N) is 1. The number of nitrogens with two attached hydrogens (primary N) is 2. The summed E-state index contributed by atoms with van der Waals surface area (Å²) in [5.74, 6) is 0.390. The molecule has 0 aliphatic carbocycles. The van der Waals surface area contributed by atoms with Crippen molar-refractivity contribution in [1.82, 2.24) is 0 Å². The molecule has 0 fully saturated rings. The van der Waals surface area contributed by atoms with Gasteiger partial charge in [-0.1, -0.05) is 6.07 Å². The van der Waals surface area contributed by atoms with E-state index in [4.69, 9.17) is 11.5 Å². The first-order valence-electron chi connectivity index (χ1n) is 5.80. The second-order valence-corrected chi connectivity index (χ2v) is 5.21. The van der Waals surface area contributed by atoms with E-state index in [1.54, 1.807) is 4.90 Å². The number of fused-ring (bicyclic) bond motifs is 1. The number of anilines is 1. The Balaban J connectivity index is 2.32. The molecule has 1 unspecified atom stereocenters. The van der Waals surface area contributed by atoms with Crippen LogP contribution in [0.3, 0.4) is 0 Å². The molecule has 18 heavy (non-hydrogen) atoms. The van der Waals surface area contributed by atoms with Crippen molar-refractivity contribution >= 4 is 23.4 Å². The fourth-order valence-electron chi connectivity index (χ4n) is 1.86. The van der Waals surface area contributed by atoms with Gasteiger partial charge in [0, 0.05) is 18.0 Å². The molecule has 2 rings (SSSR count). The third kappa shape index (κ3) is 2.67. The van der Waals surface area contributed by atoms with Crippen LogP contribution in [0.2, 0.25) is 0 Å². The molecule has 1 heterocycles. The number of aliphatic hydroxyl groups excluding tert-OH is 1. The number of rotatable bonds is 4. The molecule has 1 amide bonds. The molecule has 1 aliphatic rings. The Morgan fingerprint density at radius 1 is 1.44 bits per heavy atom. The van der Waals surface area contributed by atoms with E-state index in [1.807, 2.05) is 18.2 Å². The van der Waals surface area contributed by atoms with Crippen LogP contribution < -0.4 is 16.4 Å². The monoisotopic (exact) mass is 267 g/mol. The Morgan fingerprint density at radius 3 is 2.89 bits per heavy atom. The van der Waals surface area contributed by atoms with E-state index in [2.05, 4.69) is 0 Å². The molecule has 98 valence electrons. The van der Waals surface area contributed by atoms with Crippen LogP contribution >= 0.6 is 11.8 Å². The van der Waals surface area contributed by atoms with Crippen LogP contribution in [0.4, 0.5) is 5.69 Å². The summed E-state index contributed by atoms with van der Waals surface area (Å²) >= 11 is 1.51. The molecule has 1 aromatic rings. The Hall–Kier alpha value is -1.08. The lowest BCUT2D eigenvalue weighted by molar-refractivity contribution is -0.116. The molecule has 1 atom stereocenters. The number of carbonyl (C=O) groups is 1.